The second-order valence-electron chi connectivity index (χ2n) is 10.5. The third-order valence-corrected chi connectivity index (χ3v) is 7.44. The number of hydrogen-bond acceptors (Lipinski definition) is 7. The van der Waals surface area contributed by atoms with Crippen LogP contribution in [0.25, 0.3) is 0 Å². The summed E-state index contributed by atoms with van der Waals surface area (Å²) < 4.78 is 43.4. The molecule has 44 heavy (non-hydrogen) atoms. The highest BCUT2D eigenvalue weighted by Crippen LogP contribution is 2.31. The van der Waals surface area contributed by atoms with Crippen molar-refractivity contribution in [1.29, 1.82) is 0 Å². The fourth-order valence-electron chi connectivity index (χ4n) is 4.75. The second-order valence-corrected chi connectivity index (χ2v) is 12.2. The van der Waals surface area contributed by atoms with E-state index in [1.807, 2.05) is 85.8 Å². The maximum Gasteiger partial charge on any atom is 0.305 e. The summed E-state index contributed by atoms with van der Waals surface area (Å²) in [4.78, 5) is 13.7. The topological polar surface area (TPSA) is 94.2 Å². The van der Waals surface area contributed by atoms with Gasteiger partial charge in [0.25, 0.3) is 0 Å². The average molecular weight is 617 g/mol. The Morgan fingerprint density at radius 1 is 0.795 bits per heavy atom. The van der Waals surface area contributed by atoms with Crippen molar-refractivity contribution in [2.45, 2.75) is 46.2 Å². The van der Waals surface area contributed by atoms with Gasteiger partial charge in [0, 0.05) is 31.3 Å². The van der Waals surface area contributed by atoms with E-state index in [9.17, 15) is 13.2 Å². The number of benzene rings is 4. The molecule has 0 radical (unpaired) electrons. The molecule has 232 valence electrons. The first kappa shape index (κ1) is 32.4. The van der Waals surface area contributed by atoms with Crippen LogP contribution >= 0.6 is 0 Å². The lowest BCUT2D eigenvalue weighted by atomic mass is 10.1. The molecule has 0 aromatic heterocycles. The zero-order valence-electron chi connectivity index (χ0n) is 25.5. The zero-order chi connectivity index (χ0) is 31.4. The predicted molar refractivity (Wildman–Crippen MR) is 175 cm³/mol. The van der Waals surface area contributed by atoms with Gasteiger partial charge < -0.3 is 19.1 Å². The van der Waals surface area contributed by atoms with Crippen molar-refractivity contribution >= 4 is 27.4 Å². The lowest BCUT2D eigenvalue weighted by Crippen LogP contribution is -2.23. The largest absolute Gasteiger partial charge is 0.493 e. The van der Waals surface area contributed by atoms with E-state index in [1.54, 1.807) is 13.0 Å². The fourth-order valence-corrected chi connectivity index (χ4v) is 5.37. The Hall–Kier alpha value is -4.50. The molecule has 0 unspecified atom stereocenters. The minimum atomic E-state index is -3.41. The van der Waals surface area contributed by atoms with Crippen LogP contribution in [0.1, 0.15) is 42.9 Å². The summed E-state index contributed by atoms with van der Waals surface area (Å²) in [5.74, 6) is 1.89. The summed E-state index contributed by atoms with van der Waals surface area (Å²) in [6.07, 6.45) is 3.02. The molecule has 0 saturated heterocycles. The summed E-state index contributed by atoms with van der Waals surface area (Å²) in [5.41, 5.74) is 4.59. The quantitative estimate of drug-likeness (QED) is 0.103. The van der Waals surface area contributed by atoms with Gasteiger partial charge in [-0.05, 0) is 79.8 Å². The van der Waals surface area contributed by atoms with Gasteiger partial charge in [-0.25, -0.2) is 8.42 Å². The fraction of sp³-hybridized carbons (Fsp3) is 0.286. The summed E-state index contributed by atoms with van der Waals surface area (Å²) in [6.45, 7) is 5.90. The molecule has 0 atom stereocenters. The van der Waals surface area contributed by atoms with Crippen LogP contribution in [-0.2, 0) is 32.6 Å². The van der Waals surface area contributed by atoms with Gasteiger partial charge in [0.15, 0.2) is 0 Å². The highest BCUT2D eigenvalue weighted by molar-refractivity contribution is 7.92. The lowest BCUT2D eigenvalue weighted by molar-refractivity contribution is -0.143. The maximum absolute atomic E-state index is 11.9. The number of ether oxygens (including phenoxy) is 3. The van der Waals surface area contributed by atoms with Crippen molar-refractivity contribution in [2.24, 2.45) is 0 Å². The van der Waals surface area contributed by atoms with E-state index in [2.05, 4.69) is 21.8 Å². The van der Waals surface area contributed by atoms with Gasteiger partial charge in [-0.1, -0.05) is 54.6 Å². The van der Waals surface area contributed by atoms with Crippen molar-refractivity contribution < 1.29 is 27.4 Å². The lowest BCUT2D eigenvalue weighted by Gasteiger charge is -2.28. The van der Waals surface area contributed by atoms with E-state index >= 15 is 0 Å². The van der Waals surface area contributed by atoms with Crippen LogP contribution in [0.5, 0.6) is 17.2 Å². The van der Waals surface area contributed by atoms with Gasteiger partial charge in [-0.3, -0.25) is 9.52 Å². The molecule has 4 rings (SSSR count). The van der Waals surface area contributed by atoms with Crippen LogP contribution in [0.15, 0.2) is 97.1 Å². The normalized spacial score (nSPS) is 11.1. The Balaban J connectivity index is 1.41. The minimum Gasteiger partial charge on any atom is -0.493 e. The summed E-state index contributed by atoms with van der Waals surface area (Å²) >= 11 is 0. The predicted octanol–water partition coefficient (Wildman–Crippen LogP) is 7.48. The number of unbranched alkanes of at least 4 members (excludes halogenated alkanes) is 1. The third kappa shape index (κ3) is 10.3. The molecule has 4 aromatic rings. The number of esters is 1. The van der Waals surface area contributed by atoms with E-state index in [4.69, 9.17) is 14.2 Å². The van der Waals surface area contributed by atoms with Gasteiger partial charge in [0.05, 0.1) is 25.2 Å². The van der Waals surface area contributed by atoms with Crippen molar-refractivity contribution in [1.82, 2.24) is 0 Å². The van der Waals surface area contributed by atoms with Crippen LogP contribution in [0.4, 0.5) is 11.4 Å². The Morgan fingerprint density at radius 2 is 1.48 bits per heavy atom. The Labute approximate surface area is 260 Å². The van der Waals surface area contributed by atoms with Crippen molar-refractivity contribution in [3.05, 3.63) is 114 Å². The van der Waals surface area contributed by atoms with E-state index in [-0.39, 0.29) is 5.97 Å². The highest BCUT2D eigenvalue weighted by Gasteiger charge is 2.15. The molecule has 0 heterocycles. The number of sulfonamides is 1. The highest BCUT2D eigenvalue weighted by atomic mass is 32.2. The first-order valence-corrected chi connectivity index (χ1v) is 16.6. The molecule has 0 aliphatic rings. The van der Waals surface area contributed by atoms with Gasteiger partial charge in [-0.15, -0.1) is 0 Å². The smallest absolute Gasteiger partial charge is 0.305 e. The van der Waals surface area contributed by atoms with Crippen molar-refractivity contribution in [3.63, 3.8) is 0 Å². The van der Waals surface area contributed by atoms with E-state index in [1.165, 1.54) is 0 Å². The second kappa shape index (κ2) is 15.8. The van der Waals surface area contributed by atoms with E-state index < -0.39 is 10.0 Å². The molecule has 1 N–H and O–H groups in total. The Bertz CT molecular complexity index is 1610. The molecule has 0 saturated carbocycles. The molecule has 0 spiro atoms. The molecular weight excluding hydrogens is 576 g/mol. The molecule has 4 aromatic carbocycles. The Morgan fingerprint density at radius 3 is 2.18 bits per heavy atom. The van der Waals surface area contributed by atoms with Gasteiger partial charge in [0.2, 0.25) is 10.0 Å². The van der Waals surface area contributed by atoms with E-state index in [0.29, 0.717) is 62.1 Å². The Kier molecular flexibility index (Phi) is 11.7. The van der Waals surface area contributed by atoms with Crippen LogP contribution in [0, 0.1) is 6.92 Å². The number of hydrogen-bond donors (Lipinski definition) is 1. The molecular formula is C35H40N2O6S. The molecule has 0 aliphatic carbocycles. The average Bonchev–Trinajstić information content (AvgIpc) is 2.99. The van der Waals surface area contributed by atoms with Gasteiger partial charge in [-0.2, -0.15) is 0 Å². The van der Waals surface area contributed by atoms with Gasteiger partial charge >= 0.3 is 5.97 Å². The molecule has 0 amide bonds. The number of carbonyl (C=O) groups is 1. The van der Waals surface area contributed by atoms with Crippen LogP contribution in [0.3, 0.4) is 0 Å². The zero-order valence-corrected chi connectivity index (χ0v) is 26.3. The molecule has 8 nitrogen and oxygen atoms in total. The monoisotopic (exact) mass is 616 g/mol. The number of carbonyl (C=O) groups excluding carboxylic acids is 1. The number of rotatable bonds is 16. The summed E-state index contributed by atoms with van der Waals surface area (Å²) in [5, 5.41) is 0. The van der Waals surface area contributed by atoms with E-state index in [0.717, 1.165) is 35.1 Å². The van der Waals surface area contributed by atoms with Crippen LogP contribution < -0.4 is 19.1 Å². The molecule has 0 fully saturated rings. The maximum atomic E-state index is 11.9. The minimum absolute atomic E-state index is 0.177. The third-order valence-electron chi connectivity index (χ3n) is 6.84. The van der Waals surface area contributed by atoms with Gasteiger partial charge in [0.1, 0.15) is 17.2 Å². The first-order valence-electron chi connectivity index (χ1n) is 14.7. The first-order chi connectivity index (χ1) is 21.2. The number of nitrogens with one attached hydrogen (secondary N) is 1. The van der Waals surface area contributed by atoms with Crippen LogP contribution in [0.2, 0.25) is 0 Å². The molecule has 9 heteroatoms. The number of anilines is 2. The number of nitrogens with zero attached hydrogens (tertiary/aromatic N) is 1. The SMILES string of the molecule is CCOC(=O)CCCCOc1cccc(Oc2ccc(CN(Cc3ccccc3)c3cccc(NS(C)(=O)=O)c3C)cc2)c1. The molecule has 0 aliphatic heterocycles. The molecule has 0 bridgehead atoms. The summed E-state index contributed by atoms with van der Waals surface area (Å²) in [7, 11) is -3.41. The standard InChI is InChI=1S/C35H40N2O6S/c1-4-41-35(38)18-8-9-23-42-31-14-10-15-32(24-31)43-30-21-19-29(20-22-30)26-37(25-28-12-6-5-7-13-28)34-17-11-16-33(27(34)2)36-44(3,39)40/h5-7,10-17,19-22,24,36H,4,8-9,18,23,25-26H2,1-3H3. The van der Waals surface area contributed by atoms with Crippen molar-refractivity contribution in [2.75, 3.05) is 29.1 Å². The summed E-state index contributed by atoms with van der Waals surface area (Å²) in [6, 6.07) is 31.3. The van der Waals surface area contributed by atoms with Crippen LogP contribution in [-0.4, -0.2) is 33.9 Å². The van der Waals surface area contributed by atoms with Crippen molar-refractivity contribution in [3.8, 4) is 17.2 Å².